The van der Waals surface area contributed by atoms with E-state index in [1.165, 1.54) is 0 Å². The van der Waals surface area contributed by atoms with Gasteiger partial charge in [-0.15, -0.1) is 0 Å². The fourth-order valence-electron chi connectivity index (χ4n) is 1.79. The predicted octanol–water partition coefficient (Wildman–Crippen LogP) is 2.72. The van der Waals surface area contributed by atoms with Crippen molar-refractivity contribution >= 4 is 11.6 Å². The van der Waals surface area contributed by atoms with E-state index in [1.807, 2.05) is 12.1 Å². The molecule has 0 aromatic heterocycles. The van der Waals surface area contributed by atoms with Gasteiger partial charge in [0.25, 0.3) is 5.91 Å². The first-order valence-electron chi connectivity index (χ1n) is 6.15. The van der Waals surface area contributed by atoms with Crippen LogP contribution in [-0.4, -0.2) is 12.5 Å². The van der Waals surface area contributed by atoms with Gasteiger partial charge in [0, 0.05) is 5.69 Å². The fraction of sp³-hybridized carbons (Fsp3) is 0.133. The second-order valence-electron chi connectivity index (χ2n) is 4.31. The molecule has 0 saturated carbocycles. The molecule has 0 bridgehead atoms. The molecule has 0 fully saturated rings. The van der Waals surface area contributed by atoms with Crippen molar-refractivity contribution in [3.8, 4) is 0 Å². The fourth-order valence-corrected chi connectivity index (χ4v) is 1.79. The van der Waals surface area contributed by atoms with Crippen LogP contribution in [0.4, 0.5) is 14.5 Å². The van der Waals surface area contributed by atoms with Crippen molar-refractivity contribution in [2.75, 3.05) is 11.9 Å². The molecular formula is C15H14F2N2O. The van der Waals surface area contributed by atoms with Gasteiger partial charge >= 0.3 is 0 Å². The summed E-state index contributed by atoms with van der Waals surface area (Å²) in [5, 5.41) is 2.52. The third kappa shape index (κ3) is 3.39. The van der Waals surface area contributed by atoms with Crippen LogP contribution in [0, 0.1) is 11.6 Å². The second-order valence-corrected chi connectivity index (χ2v) is 4.31. The molecule has 2 aromatic rings. The van der Waals surface area contributed by atoms with Gasteiger partial charge in [-0.25, -0.2) is 8.78 Å². The lowest BCUT2D eigenvalue weighted by Crippen LogP contribution is -2.14. The highest BCUT2D eigenvalue weighted by Crippen LogP contribution is 2.14. The Balaban J connectivity index is 2.13. The van der Waals surface area contributed by atoms with E-state index in [-0.39, 0.29) is 5.56 Å². The number of nitrogens with two attached hydrogens (primary N) is 1. The van der Waals surface area contributed by atoms with E-state index in [0.717, 1.165) is 30.2 Å². The molecule has 0 aliphatic rings. The average molecular weight is 276 g/mol. The van der Waals surface area contributed by atoms with E-state index in [2.05, 4.69) is 5.32 Å². The Hall–Kier alpha value is -2.27. The molecule has 0 spiro atoms. The van der Waals surface area contributed by atoms with Crippen molar-refractivity contribution in [2.24, 2.45) is 5.73 Å². The first-order valence-corrected chi connectivity index (χ1v) is 6.15. The van der Waals surface area contributed by atoms with E-state index < -0.39 is 17.5 Å². The number of carbonyl (C=O) groups excluding carboxylic acids is 1. The van der Waals surface area contributed by atoms with Gasteiger partial charge in [0.2, 0.25) is 0 Å². The van der Waals surface area contributed by atoms with Gasteiger partial charge in [0.1, 0.15) is 11.6 Å². The molecule has 5 heteroatoms. The van der Waals surface area contributed by atoms with Gasteiger partial charge in [-0.2, -0.15) is 0 Å². The molecular weight excluding hydrogens is 262 g/mol. The van der Waals surface area contributed by atoms with Gasteiger partial charge in [0.15, 0.2) is 0 Å². The molecule has 2 rings (SSSR count). The van der Waals surface area contributed by atoms with Crippen LogP contribution < -0.4 is 11.1 Å². The van der Waals surface area contributed by atoms with Crippen molar-refractivity contribution < 1.29 is 13.6 Å². The lowest BCUT2D eigenvalue weighted by molar-refractivity contribution is 0.102. The average Bonchev–Trinajstić information content (AvgIpc) is 2.44. The van der Waals surface area contributed by atoms with Crippen LogP contribution >= 0.6 is 0 Å². The smallest absolute Gasteiger partial charge is 0.258 e. The third-order valence-corrected chi connectivity index (χ3v) is 2.82. The maximum absolute atomic E-state index is 13.4. The number of halogens is 2. The second kappa shape index (κ2) is 6.25. The van der Waals surface area contributed by atoms with Crippen LogP contribution in [-0.2, 0) is 6.42 Å². The highest BCUT2D eigenvalue weighted by atomic mass is 19.1. The number of hydrogen-bond acceptors (Lipinski definition) is 2. The molecule has 104 valence electrons. The normalized spacial score (nSPS) is 10.3. The Kier molecular flexibility index (Phi) is 4.42. The van der Waals surface area contributed by atoms with Gasteiger partial charge in [-0.3, -0.25) is 4.79 Å². The first kappa shape index (κ1) is 14.1. The zero-order chi connectivity index (χ0) is 14.5. The topological polar surface area (TPSA) is 55.1 Å². The molecule has 1 amide bonds. The van der Waals surface area contributed by atoms with Gasteiger partial charge in [-0.05, 0) is 48.9 Å². The van der Waals surface area contributed by atoms with Crippen LogP contribution in [0.3, 0.4) is 0 Å². The van der Waals surface area contributed by atoms with Crippen LogP contribution in [0.2, 0.25) is 0 Å². The summed E-state index contributed by atoms with van der Waals surface area (Å²) in [6, 6.07) is 9.80. The SMILES string of the molecule is NCCc1ccc(NC(=O)c2cc(F)ccc2F)cc1. The van der Waals surface area contributed by atoms with E-state index in [4.69, 9.17) is 5.73 Å². The minimum atomic E-state index is -0.761. The molecule has 0 radical (unpaired) electrons. The molecule has 0 atom stereocenters. The Morgan fingerprint density at radius 2 is 1.80 bits per heavy atom. The Bertz CT molecular complexity index is 612. The predicted molar refractivity (Wildman–Crippen MR) is 73.5 cm³/mol. The molecule has 3 nitrogen and oxygen atoms in total. The number of benzene rings is 2. The molecule has 2 aromatic carbocycles. The van der Waals surface area contributed by atoms with Crippen molar-refractivity contribution in [3.05, 3.63) is 65.2 Å². The zero-order valence-electron chi connectivity index (χ0n) is 10.7. The zero-order valence-corrected chi connectivity index (χ0v) is 10.7. The first-order chi connectivity index (χ1) is 9.60. The lowest BCUT2D eigenvalue weighted by Gasteiger charge is -2.07. The molecule has 0 unspecified atom stereocenters. The highest BCUT2D eigenvalue weighted by Gasteiger charge is 2.12. The molecule has 0 saturated heterocycles. The summed E-state index contributed by atoms with van der Waals surface area (Å²) in [7, 11) is 0. The summed E-state index contributed by atoms with van der Waals surface area (Å²) in [4.78, 5) is 11.9. The van der Waals surface area contributed by atoms with Gasteiger partial charge in [0.05, 0.1) is 5.56 Å². The summed E-state index contributed by atoms with van der Waals surface area (Å²) in [6.45, 7) is 0.542. The minimum Gasteiger partial charge on any atom is -0.330 e. The number of amides is 1. The quantitative estimate of drug-likeness (QED) is 0.902. The maximum Gasteiger partial charge on any atom is 0.258 e. The Labute approximate surface area is 115 Å². The largest absolute Gasteiger partial charge is 0.330 e. The standard InChI is InChI=1S/C15H14F2N2O/c16-11-3-6-14(17)13(9-11)15(20)19-12-4-1-10(2-5-12)7-8-18/h1-6,9H,7-8,18H2,(H,19,20). The van der Waals surface area contributed by atoms with Crippen LogP contribution in [0.15, 0.2) is 42.5 Å². The van der Waals surface area contributed by atoms with Gasteiger partial charge in [-0.1, -0.05) is 12.1 Å². The number of rotatable bonds is 4. The number of nitrogens with one attached hydrogen (secondary N) is 1. The Morgan fingerprint density at radius 1 is 1.10 bits per heavy atom. The van der Waals surface area contributed by atoms with E-state index >= 15 is 0 Å². The van der Waals surface area contributed by atoms with Gasteiger partial charge < -0.3 is 11.1 Å². The van der Waals surface area contributed by atoms with Crippen molar-refractivity contribution in [1.82, 2.24) is 0 Å². The van der Waals surface area contributed by atoms with E-state index in [0.29, 0.717) is 12.2 Å². The summed E-state index contributed by atoms with van der Waals surface area (Å²) in [5.41, 5.74) is 6.67. The minimum absolute atomic E-state index is 0.323. The van der Waals surface area contributed by atoms with Crippen molar-refractivity contribution in [3.63, 3.8) is 0 Å². The van der Waals surface area contributed by atoms with E-state index in [9.17, 15) is 13.6 Å². The summed E-state index contributed by atoms with van der Waals surface area (Å²) < 4.78 is 26.5. The molecule has 0 aliphatic heterocycles. The van der Waals surface area contributed by atoms with E-state index in [1.54, 1.807) is 12.1 Å². The Morgan fingerprint density at radius 3 is 2.45 bits per heavy atom. The third-order valence-electron chi connectivity index (χ3n) is 2.82. The maximum atomic E-state index is 13.4. The molecule has 3 N–H and O–H groups in total. The summed E-state index contributed by atoms with van der Waals surface area (Å²) in [6.07, 6.45) is 0.743. The molecule has 20 heavy (non-hydrogen) atoms. The highest BCUT2D eigenvalue weighted by molar-refractivity contribution is 6.04. The molecule has 0 heterocycles. The van der Waals surface area contributed by atoms with Crippen molar-refractivity contribution in [2.45, 2.75) is 6.42 Å². The number of hydrogen-bond donors (Lipinski definition) is 2. The monoisotopic (exact) mass is 276 g/mol. The lowest BCUT2D eigenvalue weighted by atomic mass is 10.1. The summed E-state index contributed by atoms with van der Waals surface area (Å²) in [5.74, 6) is -2.10. The van der Waals surface area contributed by atoms with Crippen molar-refractivity contribution in [1.29, 1.82) is 0 Å². The summed E-state index contributed by atoms with van der Waals surface area (Å²) >= 11 is 0. The molecule has 0 aliphatic carbocycles. The van der Waals surface area contributed by atoms with Crippen LogP contribution in [0.1, 0.15) is 15.9 Å². The van der Waals surface area contributed by atoms with Crippen LogP contribution in [0.5, 0.6) is 0 Å². The number of carbonyl (C=O) groups is 1. The number of anilines is 1. The van der Waals surface area contributed by atoms with Crippen LogP contribution in [0.25, 0.3) is 0 Å².